The number of primary amides is 1. The molecule has 0 spiro atoms. The molecule has 9 heteroatoms. The minimum Gasteiger partial charge on any atom is -0.445 e. The lowest BCUT2D eigenvalue weighted by molar-refractivity contribution is -0.129. The Balaban J connectivity index is 2.05. The Kier molecular flexibility index (Phi) is 8.23. The molecule has 1 aliphatic heterocycles. The van der Waals surface area contributed by atoms with Crippen LogP contribution in [0, 0.1) is 5.92 Å². The van der Waals surface area contributed by atoms with Crippen molar-refractivity contribution < 1.29 is 23.9 Å². The van der Waals surface area contributed by atoms with Crippen molar-refractivity contribution in [3.05, 3.63) is 47.8 Å². The molecule has 1 heterocycles. The first-order chi connectivity index (χ1) is 14.2. The van der Waals surface area contributed by atoms with Gasteiger partial charge in [0.25, 0.3) is 5.91 Å². The van der Waals surface area contributed by atoms with Crippen LogP contribution in [0.15, 0.2) is 42.2 Å². The topological polar surface area (TPSA) is 123 Å². The first-order valence-corrected chi connectivity index (χ1v) is 9.86. The van der Waals surface area contributed by atoms with Crippen molar-refractivity contribution in [2.45, 2.75) is 32.9 Å². The van der Waals surface area contributed by atoms with E-state index in [0.29, 0.717) is 26.3 Å². The zero-order valence-electron chi connectivity index (χ0n) is 17.6. The number of morpholine rings is 1. The average molecular weight is 418 g/mol. The SMILES string of the molecule is CC(C)[C@](C)(NC(=O)OCc1ccccc1)C(=O)NC(=CN1CCOCC1)C(N)=O. The average Bonchev–Trinajstić information content (AvgIpc) is 2.72. The van der Waals surface area contributed by atoms with Gasteiger partial charge in [-0.3, -0.25) is 9.59 Å². The molecule has 2 rings (SSSR count). The van der Waals surface area contributed by atoms with E-state index in [4.69, 9.17) is 15.2 Å². The number of rotatable bonds is 8. The van der Waals surface area contributed by atoms with Crippen LogP contribution in [0.5, 0.6) is 0 Å². The van der Waals surface area contributed by atoms with Crippen molar-refractivity contribution >= 4 is 17.9 Å². The van der Waals surface area contributed by atoms with Gasteiger partial charge in [0.15, 0.2) is 0 Å². The van der Waals surface area contributed by atoms with Gasteiger partial charge in [-0.15, -0.1) is 0 Å². The maximum absolute atomic E-state index is 13.0. The molecule has 4 N–H and O–H groups in total. The van der Waals surface area contributed by atoms with Crippen LogP contribution in [0.1, 0.15) is 26.3 Å². The van der Waals surface area contributed by atoms with Crippen LogP contribution in [0.3, 0.4) is 0 Å². The summed E-state index contributed by atoms with van der Waals surface area (Å²) in [4.78, 5) is 39.0. The zero-order chi connectivity index (χ0) is 22.1. The minimum absolute atomic E-state index is 0.0479. The Bertz CT molecular complexity index is 775. The van der Waals surface area contributed by atoms with Gasteiger partial charge < -0.3 is 30.7 Å². The fourth-order valence-electron chi connectivity index (χ4n) is 2.73. The van der Waals surface area contributed by atoms with Crippen molar-refractivity contribution in [3.8, 4) is 0 Å². The fourth-order valence-corrected chi connectivity index (χ4v) is 2.73. The highest BCUT2D eigenvalue weighted by Crippen LogP contribution is 2.18. The van der Waals surface area contributed by atoms with Gasteiger partial charge in [0.1, 0.15) is 17.8 Å². The number of nitrogens with one attached hydrogen (secondary N) is 2. The second kappa shape index (κ2) is 10.6. The number of carbonyl (C=O) groups excluding carboxylic acids is 3. The Morgan fingerprint density at radius 3 is 2.43 bits per heavy atom. The summed E-state index contributed by atoms with van der Waals surface area (Å²) in [7, 11) is 0. The normalized spacial score (nSPS) is 16.5. The van der Waals surface area contributed by atoms with Gasteiger partial charge in [0.2, 0.25) is 5.91 Å². The van der Waals surface area contributed by atoms with E-state index >= 15 is 0 Å². The molecule has 1 fully saturated rings. The third-order valence-electron chi connectivity index (χ3n) is 5.07. The molecule has 9 nitrogen and oxygen atoms in total. The van der Waals surface area contributed by atoms with Crippen LogP contribution < -0.4 is 16.4 Å². The van der Waals surface area contributed by atoms with Gasteiger partial charge in [-0.25, -0.2) is 4.79 Å². The molecule has 1 saturated heterocycles. The van der Waals surface area contributed by atoms with Gasteiger partial charge in [-0.2, -0.15) is 0 Å². The molecule has 3 amide bonds. The molecule has 0 aliphatic carbocycles. The molecule has 30 heavy (non-hydrogen) atoms. The second-order valence-corrected chi connectivity index (χ2v) is 7.55. The van der Waals surface area contributed by atoms with Crippen molar-refractivity contribution in [2.75, 3.05) is 26.3 Å². The van der Waals surface area contributed by atoms with Crippen molar-refractivity contribution in [2.24, 2.45) is 11.7 Å². The lowest BCUT2D eigenvalue weighted by atomic mass is 9.87. The summed E-state index contributed by atoms with van der Waals surface area (Å²) >= 11 is 0. The summed E-state index contributed by atoms with van der Waals surface area (Å²) in [6, 6.07) is 9.21. The number of nitrogens with zero attached hydrogens (tertiary/aromatic N) is 1. The molecule has 0 radical (unpaired) electrons. The van der Waals surface area contributed by atoms with E-state index in [9.17, 15) is 14.4 Å². The number of hydrogen-bond donors (Lipinski definition) is 3. The predicted molar refractivity (Wildman–Crippen MR) is 111 cm³/mol. The van der Waals surface area contributed by atoms with E-state index in [2.05, 4.69) is 10.6 Å². The van der Waals surface area contributed by atoms with E-state index < -0.39 is 23.4 Å². The minimum atomic E-state index is -1.33. The maximum Gasteiger partial charge on any atom is 0.408 e. The standard InChI is InChI=1S/C21H30N4O5/c1-15(2)21(3,24-20(28)30-14-16-7-5-4-6-8-16)19(27)23-17(18(22)26)13-25-9-11-29-12-10-25/h4-8,13,15H,9-12,14H2,1-3H3,(H2,22,26)(H,23,27)(H,24,28)/t21-/m0/s1. The van der Waals surface area contributed by atoms with E-state index in [1.165, 1.54) is 6.20 Å². The number of carbonyl (C=O) groups is 3. The molecule has 1 aromatic rings. The van der Waals surface area contributed by atoms with Crippen LogP contribution >= 0.6 is 0 Å². The Hall–Kier alpha value is -3.07. The van der Waals surface area contributed by atoms with Crippen LogP contribution in [-0.2, 0) is 25.7 Å². The molecule has 164 valence electrons. The number of nitrogens with two attached hydrogens (primary N) is 1. The highest BCUT2D eigenvalue weighted by atomic mass is 16.5. The summed E-state index contributed by atoms with van der Waals surface area (Å²) < 4.78 is 10.5. The van der Waals surface area contributed by atoms with Gasteiger partial charge in [-0.05, 0) is 18.4 Å². The Morgan fingerprint density at radius 2 is 1.87 bits per heavy atom. The molecular formula is C21H30N4O5. The third kappa shape index (κ3) is 6.48. The smallest absolute Gasteiger partial charge is 0.408 e. The molecule has 0 aromatic heterocycles. The summed E-state index contributed by atoms with van der Waals surface area (Å²) in [5, 5.41) is 5.18. The van der Waals surface area contributed by atoms with Crippen molar-refractivity contribution in [3.63, 3.8) is 0 Å². The van der Waals surface area contributed by atoms with E-state index in [-0.39, 0.29) is 18.2 Å². The molecule has 1 atom stereocenters. The Labute approximate surface area is 176 Å². The molecular weight excluding hydrogens is 388 g/mol. The number of hydrogen-bond acceptors (Lipinski definition) is 6. The van der Waals surface area contributed by atoms with Gasteiger partial charge in [0.05, 0.1) is 13.2 Å². The molecule has 0 bridgehead atoms. The van der Waals surface area contributed by atoms with Gasteiger partial charge >= 0.3 is 6.09 Å². The van der Waals surface area contributed by atoms with E-state index in [0.717, 1.165) is 5.56 Å². The Morgan fingerprint density at radius 1 is 1.23 bits per heavy atom. The van der Waals surface area contributed by atoms with Crippen molar-refractivity contribution in [1.29, 1.82) is 0 Å². The molecule has 0 unspecified atom stereocenters. The fraction of sp³-hybridized carbons (Fsp3) is 0.476. The maximum atomic E-state index is 13.0. The lowest BCUT2D eigenvalue weighted by Crippen LogP contribution is -2.60. The molecule has 0 saturated carbocycles. The van der Waals surface area contributed by atoms with Gasteiger partial charge in [-0.1, -0.05) is 44.2 Å². The lowest BCUT2D eigenvalue weighted by Gasteiger charge is -2.33. The first kappa shape index (κ1) is 23.2. The van der Waals surface area contributed by atoms with E-state index in [1.54, 1.807) is 20.8 Å². The highest BCUT2D eigenvalue weighted by Gasteiger charge is 2.39. The number of alkyl carbamates (subject to hydrolysis) is 1. The number of ether oxygens (including phenoxy) is 2. The zero-order valence-corrected chi connectivity index (χ0v) is 17.6. The predicted octanol–water partition coefficient (Wildman–Crippen LogP) is 1.10. The summed E-state index contributed by atoms with van der Waals surface area (Å²) in [6.07, 6.45) is 0.778. The monoisotopic (exact) mass is 418 g/mol. The van der Waals surface area contributed by atoms with Crippen molar-refractivity contribution in [1.82, 2.24) is 15.5 Å². The third-order valence-corrected chi connectivity index (χ3v) is 5.07. The van der Waals surface area contributed by atoms with E-state index in [1.807, 2.05) is 35.2 Å². The quantitative estimate of drug-likeness (QED) is 0.544. The summed E-state index contributed by atoms with van der Waals surface area (Å²) in [6.45, 7) is 7.43. The van der Waals surface area contributed by atoms with Crippen LogP contribution in [0.4, 0.5) is 4.79 Å². The van der Waals surface area contributed by atoms with Gasteiger partial charge in [0, 0.05) is 19.3 Å². The second-order valence-electron chi connectivity index (χ2n) is 7.55. The number of amides is 3. The highest BCUT2D eigenvalue weighted by molar-refractivity contribution is 5.99. The summed E-state index contributed by atoms with van der Waals surface area (Å²) in [5.74, 6) is -1.63. The van der Waals surface area contributed by atoms with Crippen LogP contribution in [0.2, 0.25) is 0 Å². The molecule has 1 aliphatic rings. The molecule has 1 aromatic carbocycles. The van der Waals surface area contributed by atoms with Crippen LogP contribution in [0.25, 0.3) is 0 Å². The first-order valence-electron chi connectivity index (χ1n) is 9.86. The van der Waals surface area contributed by atoms with Crippen LogP contribution in [-0.4, -0.2) is 54.6 Å². The summed E-state index contributed by atoms with van der Waals surface area (Å²) in [5.41, 5.74) is 4.90. The largest absolute Gasteiger partial charge is 0.445 e. The number of benzene rings is 1.